The van der Waals surface area contributed by atoms with Gasteiger partial charge in [-0.1, -0.05) is 0 Å². The summed E-state index contributed by atoms with van der Waals surface area (Å²) in [5.41, 5.74) is -8.94. The maximum absolute atomic E-state index is 11.0. The van der Waals surface area contributed by atoms with E-state index in [1.165, 1.54) is 0 Å². The zero-order chi connectivity index (χ0) is 39.5. The molecular weight excluding hydrogens is 821 g/mol. The Balaban J connectivity index is -0.000000123. The van der Waals surface area contributed by atoms with Crippen LogP contribution in [0.15, 0.2) is 0 Å². The number of aliphatic carboxylic acids is 9. The molecule has 0 aliphatic carbocycles. The number of carbonyl (C=O) groups excluding carboxylic acids is 9. The Morgan fingerprint density at radius 3 is 0.943 bits per heavy atom. The van der Waals surface area contributed by atoms with Gasteiger partial charge in [0.25, 0.3) is 0 Å². The van der Waals surface area contributed by atoms with Crippen molar-refractivity contribution in [2.24, 2.45) is 0 Å². The van der Waals surface area contributed by atoms with Gasteiger partial charge in [-0.2, -0.15) is 0 Å². The summed E-state index contributed by atoms with van der Waals surface area (Å²) in [4.78, 5) is 101. The van der Waals surface area contributed by atoms with Crippen molar-refractivity contribution >= 4 is 123 Å². The molecule has 0 aliphatic heterocycles. The smallest absolute Gasteiger partial charge is 0.550 e. The van der Waals surface area contributed by atoms with E-state index in [4.69, 9.17) is 20.4 Å². The van der Waals surface area contributed by atoms with Gasteiger partial charge in [0.15, 0.2) is 5.60 Å². The predicted octanol–water partition coefficient (Wildman–Crippen LogP) is -18.9. The van der Waals surface area contributed by atoms with Crippen LogP contribution in [0.1, 0.15) is 38.5 Å². The van der Waals surface area contributed by atoms with Gasteiger partial charge < -0.3 is 120 Å². The van der Waals surface area contributed by atoms with Crippen molar-refractivity contribution in [3.8, 4) is 0 Å². The van der Waals surface area contributed by atoms with Crippen LogP contribution in [0.2, 0.25) is 0 Å². The Bertz CT molecular complexity index is 1110. The van der Waals surface area contributed by atoms with Gasteiger partial charge in [0.1, 0.15) is 36.1 Å². The topological polar surface area (TPSA) is 501 Å². The summed E-state index contributed by atoms with van der Waals surface area (Å²) >= 11 is 0. The quantitative estimate of drug-likeness (QED) is 0.0335. The number of rotatable bonds is 22. The van der Waals surface area contributed by atoms with E-state index in [1.54, 1.807) is 0 Å². The first kappa shape index (κ1) is 65.6. The minimum atomic E-state index is -2.99. The first-order chi connectivity index (χ1) is 22.1. The maximum atomic E-state index is 11.0. The Hall–Kier alpha value is -2.27. The van der Waals surface area contributed by atoms with Crippen LogP contribution in [0.5, 0.6) is 0 Å². The van der Waals surface area contributed by atoms with Crippen molar-refractivity contribution in [2.75, 3.05) is 13.2 Å². The molecule has 1 radical (unpaired) electrons. The third-order valence-electron chi connectivity index (χ3n) is 5.17. The standard InChI is InChI=1S/C11H18O12.2C6H8O7.Fe.3Mg/c12-3-5(13)9(19)6(14)4-22-23-11(10(20)21,1-7(15)16)2-8(17)18;2*7-3(8)1-6(13,5(11)12)2-4(9)10;;;;/h5-6,9,12-14,19H,1-4H2,(H,15,16)(H,17,18)(H,20,21);2*13H,1-2H2,(H,7,8)(H,9,10)(H,11,12);;;;/q;;;+3;3*+2/p-9/t5-,6+,9+;;;;;;/m1....../s1. The molecule has 0 aliphatic rings. The Kier molecular flexibility index (Phi) is 38.4. The first-order valence-electron chi connectivity index (χ1n) is 12.3. The van der Waals surface area contributed by atoms with Crippen LogP contribution in [0.25, 0.3) is 0 Å². The van der Waals surface area contributed by atoms with Gasteiger partial charge >= 0.3 is 86.2 Å². The number of hydrogen-bond donors (Lipinski definition) is 6. The molecule has 0 saturated heterocycles. The van der Waals surface area contributed by atoms with Crippen LogP contribution in [-0.2, 0) is 70.0 Å². The molecular formula is C23H25FeMg3O26. The largest absolute Gasteiger partial charge is 3.00 e. The number of aliphatic hydroxyl groups is 6. The molecule has 53 heavy (non-hydrogen) atoms. The van der Waals surface area contributed by atoms with Crippen molar-refractivity contribution in [2.45, 2.75) is 73.6 Å². The van der Waals surface area contributed by atoms with Gasteiger partial charge in [-0.15, -0.1) is 0 Å². The third-order valence-corrected chi connectivity index (χ3v) is 5.17. The van der Waals surface area contributed by atoms with Crippen molar-refractivity contribution in [3.05, 3.63) is 0 Å². The van der Waals surface area contributed by atoms with Gasteiger partial charge in [-0.25, -0.2) is 9.78 Å². The molecule has 0 spiro atoms. The normalized spacial score (nSPS) is 12.1. The molecule has 0 fully saturated rings. The molecule has 3 atom stereocenters. The number of carboxylic acid groups (broad SMARTS) is 9. The monoisotopic (exact) mass is 845 g/mol. The third kappa shape index (κ3) is 28.8. The average molecular weight is 846 g/mol. The van der Waals surface area contributed by atoms with Gasteiger partial charge in [-0.05, 0) is 0 Å². The van der Waals surface area contributed by atoms with Crippen molar-refractivity contribution < 1.29 is 147 Å². The second kappa shape index (κ2) is 31.0. The van der Waals surface area contributed by atoms with Crippen LogP contribution >= 0.6 is 0 Å². The summed E-state index contributed by atoms with van der Waals surface area (Å²) < 4.78 is 0. The Labute approximate surface area is 354 Å². The van der Waals surface area contributed by atoms with Crippen LogP contribution in [0.3, 0.4) is 0 Å². The van der Waals surface area contributed by atoms with Gasteiger partial charge in [0, 0.05) is 74.3 Å². The number of carbonyl (C=O) groups is 9. The molecule has 0 saturated carbocycles. The fraction of sp³-hybridized carbons (Fsp3) is 0.609. The summed E-state index contributed by atoms with van der Waals surface area (Å²) in [6.45, 7) is -1.90. The zero-order valence-corrected chi connectivity index (χ0v) is 32.1. The molecule has 0 unspecified atom stereocenters. The number of hydrogen-bond acceptors (Lipinski definition) is 26. The Morgan fingerprint density at radius 1 is 0.491 bits per heavy atom. The summed E-state index contributed by atoms with van der Waals surface area (Å²) in [7, 11) is 0. The van der Waals surface area contributed by atoms with Crippen LogP contribution in [0, 0.1) is 0 Å². The molecule has 0 heterocycles. The van der Waals surface area contributed by atoms with Crippen molar-refractivity contribution in [1.29, 1.82) is 0 Å². The van der Waals surface area contributed by atoms with E-state index in [9.17, 15) is 99.3 Å². The van der Waals surface area contributed by atoms with Crippen molar-refractivity contribution in [1.82, 2.24) is 0 Å². The van der Waals surface area contributed by atoms with E-state index in [0.29, 0.717) is 0 Å². The molecule has 0 rings (SSSR count). The number of aliphatic hydroxyl groups excluding tert-OH is 4. The molecule has 287 valence electrons. The summed E-state index contributed by atoms with van der Waals surface area (Å²) in [6.07, 6.45) is -13.9. The van der Waals surface area contributed by atoms with Gasteiger partial charge in [0.2, 0.25) is 0 Å². The van der Waals surface area contributed by atoms with Crippen LogP contribution in [0.4, 0.5) is 0 Å². The molecule has 30 heteroatoms. The van der Waals surface area contributed by atoms with Crippen molar-refractivity contribution in [3.63, 3.8) is 0 Å². The average Bonchev–Trinajstić information content (AvgIpc) is 2.89. The Morgan fingerprint density at radius 2 is 0.755 bits per heavy atom. The second-order valence-electron chi connectivity index (χ2n) is 9.39. The fourth-order valence-electron chi connectivity index (χ4n) is 2.81. The fourth-order valence-corrected chi connectivity index (χ4v) is 2.81. The van der Waals surface area contributed by atoms with E-state index >= 15 is 0 Å². The second-order valence-corrected chi connectivity index (χ2v) is 9.39. The molecule has 0 aromatic heterocycles. The van der Waals surface area contributed by atoms with E-state index in [1.807, 2.05) is 0 Å². The van der Waals surface area contributed by atoms with E-state index < -0.39 is 141 Å². The molecule has 26 nitrogen and oxygen atoms in total. The molecule has 6 N–H and O–H groups in total. The molecule has 0 bridgehead atoms. The molecule has 0 aromatic rings. The summed E-state index contributed by atoms with van der Waals surface area (Å²) in [5.74, 6) is -18.2. The number of carboxylic acids is 9. The first-order valence-corrected chi connectivity index (χ1v) is 12.3. The molecule has 0 aromatic carbocycles. The van der Waals surface area contributed by atoms with E-state index in [0.717, 1.165) is 0 Å². The summed E-state index contributed by atoms with van der Waals surface area (Å²) in [6, 6.07) is 0. The van der Waals surface area contributed by atoms with Gasteiger partial charge in [-0.3, -0.25) is 0 Å². The minimum Gasteiger partial charge on any atom is -0.550 e. The van der Waals surface area contributed by atoms with E-state index in [2.05, 4.69) is 9.78 Å². The van der Waals surface area contributed by atoms with E-state index in [-0.39, 0.29) is 86.2 Å². The molecule has 0 amide bonds. The van der Waals surface area contributed by atoms with Crippen LogP contribution in [-0.4, -0.2) is 202 Å². The maximum Gasteiger partial charge on any atom is 3.00 e. The van der Waals surface area contributed by atoms with Gasteiger partial charge in [0.05, 0.1) is 24.5 Å². The zero-order valence-electron chi connectivity index (χ0n) is 26.7. The predicted molar refractivity (Wildman–Crippen MR) is 135 cm³/mol. The minimum absolute atomic E-state index is 0. The SMILES string of the molecule is O=C([O-])CC(CC(=O)[O-])(OOC[C@H](O)[C@@H](O)[C@H](O)CO)C(=O)[O-].O=C([O-])CC(O)(CC(=O)[O-])C(=O)[O-].O=C([O-])CC(O)(CC(=O)[O-])C(=O)[O-].[Fe+3].[Mg+2].[Mg+2].[Mg+2]. The summed E-state index contributed by atoms with van der Waals surface area (Å²) in [5, 5.41) is 146. The van der Waals surface area contributed by atoms with Crippen LogP contribution < -0.4 is 46.0 Å².